The molecule has 27 heavy (non-hydrogen) atoms. The molecule has 2 aromatic heterocycles. The highest BCUT2D eigenvalue weighted by Gasteiger charge is 2.20. The molecule has 7 heteroatoms. The molecule has 0 saturated carbocycles. The monoisotopic (exact) mass is 366 g/mol. The molecule has 1 aliphatic heterocycles. The van der Waals surface area contributed by atoms with Crippen LogP contribution in [0.4, 0.5) is 11.6 Å². The second-order valence-corrected chi connectivity index (χ2v) is 7.13. The number of aryl methyl sites for hydroxylation is 1. The lowest BCUT2D eigenvalue weighted by atomic mass is 9.99. The van der Waals surface area contributed by atoms with Gasteiger partial charge in [0.05, 0.1) is 11.0 Å². The van der Waals surface area contributed by atoms with Crippen molar-refractivity contribution in [2.24, 2.45) is 5.92 Å². The van der Waals surface area contributed by atoms with E-state index in [2.05, 4.69) is 36.2 Å². The number of aromatic nitrogens is 4. The SMILES string of the molecule is OCC1CCCN(c2cc(NCCCc3nc4ccccc4[nH]3)ncn2)C1. The van der Waals surface area contributed by atoms with Gasteiger partial charge in [-0.2, -0.15) is 0 Å². The first kappa shape index (κ1) is 17.7. The average molecular weight is 366 g/mol. The van der Waals surface area contributed by atoms with Crippen molar-refractivity contribution in [1.82, 2.24) is 19.9 Å². The van der Waals surface area contributed by atoms with Crippen molar-refractivity contribution in [1.29, 1.82) is 0 Å². The molecule has 0 aliphatic carbocycles. The molecular formula is C20H26N6O. The first-order chi connectivity index (χ1) is 13.3. The van der Waals surface area contributed by atoms with Crippen LogP contribution in [0, 0.1) is 5.92 Å². The number of anilines is 2. The number of fused-ring (bicyclic) bond motifs is 1. The lowest BCUT2D eigenvalue weighted by molar-refractivity contribution is 0.208. The molecule has 142 valence electrons. The maximum absolute atomic E-state index is 9.41. The largest absolute Gasteiger partial charge is 0.396 e. The molecule has 1 fully saturated rings. The third-order valence-electron chi connectivity index (χ3n) is 5.09. The second kappa shape index (κ2) is 8.35. The molecule has 0 radical (unpaired) electrons. The average Bonchev–Trinajstić information content (AvgIpc) is 3.14. The zero-order valence-corrected chi connectivity index (χ0v) is 15.4. The number of nitrogens with one attached hydrogen (secondary N) is 2. The van der Waals surface area contributed by atoms with E-state index >= 15 is 0 Å². The summed E-state index contributed by atoms with van der Waals surface area (Å²) in [6.07, 6.45) is 5.65. The number of aliphatic hydroxyl groups excluding tert-OH is 1. The summed E-state index contributed by atoms with van der Waals surface area (Å²) in [5.74, 6) is 3.14. The van der Waals surface area contributed by atoms with Crippen LogP contribution in [0.5, 0.6) is 0 Å². The Kier molecular flexibility index (Phi) is 5.48. The van der Waals surface area contributed by atoms with Gasteiger partial charge in [-0.05, 0) is 37.3 Å². The Morgan fingerprint density at radius 3 is 3.07 bits per heavy atom. The number of benzene rings is 1. The smallest absolute Gasteiger partial charge is 0.134 e. The summed E-state index contributed by atoms with van der Waals surface area (Å²) in [5.41, 5.74) is 2.10. The molecule has 1 aromatic carbocycles. The van der Waals surface area contributed by atoms with Gasteiger partial charge in [0, 0.05) is 38.7 Å². The quantitative estimate of drug-likeness (QED) is 0.557. The molecule has 0 amide bonds. The van der Waals surface area contributed by atoms with Crippen LogP contribution in [-0.4, -0.2) is 51.3 Å². The predicted octanol–water partition coefficient (Wildman–Crippen LogP) is 2.61. The van der Waals surface area contributed by atoms with E-state index in [9.17, 15) is 5.11 Å². The number of para-hydroxylation sites is 2. The summed E-state index contributed by atoms with van der Waals surface area (Å²) in [7, 11) is 0. The second-order valence-electron chi connectivity index (χ2n) is 7.13. The van der Waals surface area contributed by atoms with Crippen LogP contribution in [0.1, 0.15) is 25.1 Å². The van der Waals surface area contributed by atoms with Crippen molar-refractivity contribution in [3.63, 3.8) is 0 Å². The molecule has 3 aromatic rings. The fraction of sp³-hybridized carbons (Fsp3) is 0.450. The van der Waals surface area contributed by atoms with Crippen molar-refractivity contribution in [3.8, 4) is 0 Å². The zero-order chi connectivity index (χ0) is 18.5. The van der Waals surface area contributed by atoms with Crippen LogP contribution in [0.3, 0.4) is 0 Å². The molecule has 1 unspecified atom stereocenters. The molecule has 1 saturated heterocycles. The summed E-state index contributed by atoms with van der Waals surface area (Å²) in [6.45, 7) is 2.92. The van der Waals surface area contributed by atoms with Crippen LogP contribution in [-0.2, 0) is 6.42 Å². The van der Waals surface area contributed by atoms with E-state index in [0.29, 0.717) is 5.92 Å². The third-order valence-corrected chi connectivity index (χ3v) is 5.09. The van der Waals surface area contributed by atoms with Gasteiger partial charge in [-0.25, -0.2) is 15.0 Å². The van der Waals surface area contributed by atoms with Gasteiger partial charge < -0.3 is 20.3 Å². The van der Waals surface area contributed by atoms with Gasteiger partial charge >= 0.3 is 0 Å². The molecule has 3 N–H and O–H groups in total. The minimum Gasteiger partial charge on any atom is -0.396 e. The van der Waals surface area contributed by atoms with Crippen molar-refractivity contribution in [2.75, 3.05) is 36.5 Å². The summed E-state index contributed by atoms with van der Waals surface area (Å²) in [4.78, 5) is 19.0. The minimum atomic E-state index is 0.245. The van der Waals surface area contributed by atoms with Crippen LogP contribution >= 0.6 is 0 Å². The zero-order valence-electron chi connectivity index (χ0n) is 15.4. The van der Waals surface area contributed by atoms with Gasteiger partial charge in [-0.1, -0.05) is 12.1 Å². The Morgan fingerprint density at radius 2 is 2.19 bits per heavy atom. The van der Waals surface area contributed by atoms with Gasteiger partial charge in [-0.15, -0.1) is 0 Å². The normalized spacial score (nSPS) is 17.4. The number of aromatic amines is 1. The van der Waals surface area contributed by atoms with Crippen molar-refractivity contribution in [3.05, 3.63) is 42.5 Å². The predicted molar refractivity (Wildman–Crippen MR) is 107 cm³/mol. The first-order valence-electron chi connectivity index (χ1n) is 9.67. The minimum absolute atomic E-state index is 0.245. The standard InChI is InChI=1S/C20H26N6O/c27-13-15-5-4-10-26(12-15)20-11-19(22-14-23-20)21-9-3-8-18-24-16-6-1-2-7-17(16)25-18/h1-2,6-7,11,14-15,27H,3-5,8-10,12-13H2,(H,24,25)(H,21,22,23). The molecule has 3 heterocycles. The van der Waals surface area contributed by atoms with Crippen molar-refractivity contribution in [2.45, 2.75) is 25.7 Å². The van der Waals surface area contributed by atoms with E-state index in [-0.39, 0.29) is 6.61 Å². The van der Waals surface area contributed by atoms with Crippen LogP contribution < -0.4 is 10.2 Å². The summed E-state index contributed by atoms with van der Waals surface area (Å²) in [6, 6.07) is 10.1. The van der Waals surface area contributed by atoms with E-state index < -0.39 is 0 Å². The highest BCUT2D eigenvalue weighted by Crippen LogP contribution is 2.22. The molecule has 7 nitrogen and oxygen atoms in total. The van der Waals surface area contributed by atoms with E-state index in [0.717, 1.165) is 73.8 Å². The molecule has 4 rings (SSSR count). The number of rotatable bonds is 7. The van der Waals surface area contributed by atoms with E-state index in [1.54, 1.807) is 6.33 Å². The Hall–Kier alpha value is -2.67. The number of H-pyrrole nitrogens is 1. The van der Waals surface area contributed by atoms with E-state index in [1.807, 2.05) is 24.3 Å². The Bertz CT molecular complexity index is 847. The number of hydrogen-bond acceptors (Lipinski definition) is 6. The fourth-order valence-corrected chi connectivity index (χ4v) is 3.64. The molecule has 0 spiro atoms. The highest BCUT2D eigenvalue weighted by molar-refractivity contribution is 5.74. The van der Waals surface area contributed by atoms with Crippen molar-refractivity contribution >= 4 is 22.7 Å². The fourth-order valence-electron chi connectivity index (χ4n) is 3.64. The maximum atomic E-state index is 9.41. The van der Waals surface area contributed by atoms with Crippen molar-refractivity contribution < 1.29 is 5.11 Å². The molecular weight excluding hydrogens is 340 g/mol. The van der Waals surface area contributed by atoms with Gasteiger partial charge in [0.15, 0.2) is 0 Å². The highest BCUT2D eigenvalue weighted by atomic mass is 16.3. The van der Waals surface area contributed by atoms with Gasteiger partial charge in [0.25, 0.3) is 0 Å². The Morgan fingerprint density at radius 1 is 1.26 bits per heavy atom. The van der Waals surface area contributed by atoms with Gasteiger partial charge in [-0.3, -0.25) is 0 Å². The number of piperidine rings is 1. The van der Waals surface area contributed by atoms with Crippen LogP contribution in [0.2, 0.25) is 0 Å². The van der Waals surface area contributed by atoms with Gasteiger partial charge in [0.1, 0.15) is 23.8 Å². The molecule has 1 atom stereocenters. The number of nitrogens with zero attached hydrogens (tertiary/aromatic N) is 4. The number of aliphatic hydroxyl groups is 1. The molecule has 0 bridgehead atoms. The lowest BCUT2D eigenvalue weighted by Crippen LogP contribution is -2.37. The maximum Gasteiger partial charge on any atom is 0.134 e. The first-order valence-corrected chi connectivity index (χ1v) is 9.67. The Labute approximate surface area is 158 Å². The summed E-state index contributed by atoms with van der Waals surface area (Å²) in [5, 5.41) is 12.8. The number of imidazole rings is 1. The van der Waals surface area contributed by atoms with Gasteiger partial charge in [0.2, 0.25) is 0 Å². The summed E-state index contributed by atoms with van der Waals surface area (Å²) < 4.78 is 0. The van der Waals surface area contributed by atoms with Crippen LogP contribution in [0.15, 0.2) is 36.7 Å². The summed E-state index contributed by atoms with van der Waals surface area (Å²) >= 11 is 0. The molecule has 1 aliphatic rings. The van der Waals surface area contributed by atoms with E-state index in [4.69, 9.17) is 0 Å². The van der Waals surface area contributed by atoms with Crippen LogP contribution in [0.25, 0.3) is 11.0 Å². The number of hydrogen-bond donors (Lipinski definition) is 3. The lowest BCUT2D eigenvalue weighted by Gasteiger charge is -2.32. The van der Waals surface area contributed by atoms with E-state index in [1.165, 1.54) is 0 Å². The third kappa shape index (κ3) is 4.36. The Balaban J connectivity index is 1.29. The topological polar surface area (TPSA) is 90.0 Å².